The Hall–Kier alpha value is -1.88. The Bertz CT molecular complexity index is 268. The lowest BCUT2D eigenvalue weighted by Crippen LogP contribution is -2.38. The van der Waals surface area contributed by atoms with Gasteiger partial charge >= 0.3 is 12.1 Å². The first-order valence-corrected chi connectivity index (χ1v) is 4.99. The molecule has 0 saturated heterocycles. The minimum Gasteiger partial charge on any atom is -0.351 e. The molecule has 0 radical (unpaired) electrons. The third-order valence-electron chi connectivity index (χ3n) is 2.06. The Morgan fingerprint density at radius 2 is 1.62 bits per heavy atom. The van der Waals surface area contributed by atoms with E-state index in [0.29, 0.717) is 6.04 Å². The van der Waals surface area contributed by atoms with Crippen molar-refractivity contribution in [2.45, 2.75) is 38.1 Å². The number of hydrogen-bond donors (Lipinski definition) is 3. The highest BCUT2D eigenvalue weighted by Gasteiger charge is 2.10. The molecule has 0 aliphatic heterocycles. The molecule has 90 valence electrons. The van der Waals surface area contributed by atoms with Gasteiger partial charge in [-0.3, -0.25) is 5.32 Å². The van der Waals surface area contributed by atoms with Gasteiger partial charge in [0.05, 0.1) is 6.04 Å². The van der Waals surface area contributed by atoms with E-state index in [9.17, 15) is 14.4 Å². The fraction of sp³-hybridized carbons (Fsp3) is 0.667. The number of carbonyl (C=O) groups is 2. The maximum atomic E-state index is 9.78. The molecular formula is C9H16N4O3. The summed E-state index contributed by atoms with van der Waals surface area (Å²) in [6.07, 6.45) is 7.57. The molecular weight excluding hydrogens is 212 g/mol. The van der Waals surface area contributed by atoms with E-state index in [1.807, 2.05) is 0 Å². The fourth-order valence-electron chi connectivity index (χ4n) is 1.41. The number of aliphatic imine (C=N–C) groups is 1. The van der Waals surface area contributed by atoms with Crippen LogP contribution < -0.4 is 16.8 Å². The van der Waals surface area contributed by atoms with Crippen LogP contribution in [0.15, 0.2) is 4.99 Å². The summed E-state index contributed by atoms with van der Waals surface area (Å²) in [7, 11) is 0. The van der Waals surface area contributed by atoms with Crippen molar-refractivity contribution in [3.8, 4) is 0 Å². The number of hydrogen-bond acceptors (Lipinski definition) is 4. The first kappa shape index (κ1) is 14.1. The number of rotatable bonds is 1. The molecule has 0 aromatic rings. The van der Waals surface area contributed by atoms with E-state index in [1.54, 1.807) is 11.4 Å². The molecule has 1 saturated carbocycles. The maximum Gasteiger partial charge on any atom is 0.320 e. The van der Waals surface area contributed by atoms with Gasteiger partial charge in [-0.1, -0.05) is 19.3 Å². The van der Waals surface area contributed by atoms with Crippen molar-refractivity contribution < 1.29 is 14.4 Å². The van der Waals surface area contributed by atoms with Crippen molar-refractivity contribution in [3.05, 3.63) is 0 Å². The van der Waals surface area contributed by atoms with E-state index < -0.39 is 12.1 Å². The van der Waals surface area contributed by atoms with Crippen LogP contribution in [0.1, 0.15) is 32.1 Å². The Balaban J connectivity index is 0.000000293. The Morgan fingerprint density at radius 1 is 1.12 bits per heavy atom. The number of nitrogens with one attached hydrogen (secondary N) is 1. The number of nitrogens with two attached hydrogens (primary N) is 2. The van der Waals surface area contributed by atoms with Crippen LogP contribution in [0.2, 0.25) is 0 Å². The molecule has 4 amide bonds. The largest absolute Gasteiger partial charge is 0.351 e. The molecule has 0 unspecified atom stereocenters. The van der Waals surface area contributed by atoms with E-state index in [0.717, 1.165) is 12.8 Å². The fourth-order valence-corrected chi connectivity index (χ4v) is 1.41. The van der Waals surface area contributed by atoms with Crippen molar-refractivity contribution in [1.82, 2.24) is 5.32 Å². The van der Waals surface area contributed by atoms with E-state index in [2.05, 4.69) is 16.5 Å². The second-order valence-corrected chi connectivity index (χ2v) is 3.37. The van der Waals surface area contributed by atoms with Crippen LogP contribution in [0, 0.1) is 0 Å². The van der Waals surface area contributed by atoms with Crippen LogP contribution in [0.3, 0.4) is 0 Å². The van der Waals surface area contributed by atoms with Gasteiger partial charge in [0.25, 0.3) is 0 Å². The van der Waals surface area contributed by atoms with Gasteiger partial charge in [0.15, 0.2) is 0 Å². The van der Waals surface area contributed by atoms with Gasteiger partial charge in [-0.15, -0.1) is 0 Å². The van der Waals surface area contributed by atoms with E-state index >= 15 is 0 Å². The van der Waals surface area contributed by atoms with Gasteiger partial charge in [0.1, 0.15) is 0 Å². The first-order valence-electron chi connectivity index (χ1n) is 4.99. The summed E-state index contributed by atoms with van der Waals surface area (Å²) in [4.78, 5) is 32.7. The SMILES string of the molecule is NC(=O)NC(N)=O.O=C=NC1CCCCC1. The van der Waals surface area contributed by atoms with Gasteiger partial charge in [-0.25, -0.2) is 19.4 Å². The summed E-state index contributed by atoms with van der Waals surface area (Å²) in [6, 6.07) is -1.57. The lowest BCUT2D eigenvalue weighted by Gasteiger charge is -2.14. The van der Waals surface area contributed by atoms with Gasteiger partial charge < -0.3 is 11.5 Å². The number of imide groups is 1. The van der Waals surface area contributed by atoms with Crippen molar-refractivity contribution >= 4 is 18.1 Å². The monoisotopic (exact) mass is 228 g/mol. The molecule has 0 aromatic heterocycles. The highest BCUT2D eigenvalue weighted by molar-refractivity contribution is 5.91. The molecule has 1 rings (SSSR count). The standard InChI is InChI=1S/C7H11NO.C2H5N3O2/c9-6-8-7-4-2-1-3-5-7;3-1(6)5-2(4)7/h7H,1-5H2;(H5,3,4,5,6,7). The molecule has 5 N–H and O–H groups in total. The third-order valence-corrected chi connectivity index (χ3v) is 2.06. The van der Waals surface area contributed by atoms with Crippen molar-refractivity contribution in [3.63, 3.8) is 0 Å². The summed E-state index contributed by atoms with van der Waals surface area (Å²) in [5.74, 6) is 0. The van der Waals surface area contributed by atoms with Gasteiger partial charge in [0, 0.05) is 0 Å². The number of carbonyl (C=O) groups excluding carboxylic acids is 3. The maximum absolute atomic E-state index is 9.78. The Morgan fingerprint density at radius 3 is 1.94 bits per heavy atom. The molecule has 1 fully saturated rings. The quantitative estimate of drug-likeness (QED) is 0.443. The van der Waals surface area contributed by atoms with Crippen LogP contribution in [0.25, 0.3) is 0 Å². The minimum absolute atomic E-state index is 0.302. The topological polar surface area (TPSA) is 128 Å². The van der Waals surface area contributed by atoms with Crippen molar-refractivity contribution in [2.75, 3.05) is 0 Å². The molecule has 16 heavy (non-hydrogen) atoms. The Kier molecular flexibility index (Phi) is 7.44. The van der Waals surface area contributed by atoms with Crippen molar-refractivity contribution in [2.24, 2.45) is 16.5 Å². The molecule has 1 aliphatic rings. The van der Waals surface area contributed by atoms with E-state index in [4.69, 9.17) is 0 Å². The highest BCUT2D eigenvalue weighted by atomic mass is 16.2. The van der Waals surface area contributed by atoms with Crippen LogP contribution in [-0.4, -0.2) is 24.2 Å². The molecule has 7 heteroatoms. The zero-order chi connectivity index (χ0) is 12.4. The number of urea groups is 2. The Labute approximate surface area is 93.3 Å². The summed E-state index contributed by atoms with van der Waals surface area (Å²) in [5, 5.41) is 1.58. The molecule has 7 nitrogen and oxygen atoms in total. The van der Waals surface area contributed by atoms with Crippen LogP contribution >= 0.6 is 0 Å². The van der Waals surface area contributed by atoms with Crippen molar-refractivity contribution in [1.29, 1.82) is 0 Å². The number of nitrogens with zero attached hydrogens (tertiary/aromatic N) is 1. The minimum atomic E-state index is -0.938. The van der Waals surface area contributed by atoms with Crippen LogP contribution in [-0.2, 0) is 4.79 Å². The second-order valence-electron chi connectivity index (χ2n) is 3.37. The normalized spacial score (nSPS) is 15.0. The van der Waals surface area contributed by atoms with Gasteiger partial charge in [-0.2, -0.15) is 0 Å². The van der Waals surface area contributed by atoms with E-state index in [1.165, 1.54) is 19.3 Å². The second kappa shape index (κ2) is 8.43. The number of primary amides is 2. The summed E-state index contributed by atoms with van der Waals surface area (Å²) in [5.41, 5.74) is 8.88. The molecule has 0 spiro atoms. The molecule has 1 aliphatic carbocycles. The number of amides is 4. The average Bonchev–Trinajstić information content (AvgIpc) is 2.18. The highest BCUT2D eigenvalue weighted by Crippen LogP contribution is 2.19. The third kappa shape index (κ3) is 8.71. The molecule has 0 heterocycles. The number of isocyanates is 1. The molecule has 0 bridgehead atoms. The average molecular weight is 228 g/mol. The summed E-state index contributed by atoms with van der Waals surface area (Å²) < 4.78 is 0. The molecule has 0 atom stereocenters. The summed E-state index contributed by atoms with van der Waals surface area (Å²) >= 11 is 0. The van der Waals surface area contributed by atoms with Gasteiger partial charge in [0.2, 0.25) is 6.08 Å². The lowest BCUT2D eigenvalue weighted by atomic mass is 9.96. The zero-order valence-electron chi connectivity index (χ0n) is 8.94. The lowest BCUT2D eigenvalue weighted by molar-refractivity contribution is 0.236. The predicted molar refractivity (Wildman–Crippen MR) is 57.3 cm³/mol. The van der Waals surface area contributed by atoms with Gasteiger partial charge in [-0.05, 0) is 12.8 Å². The smallest absolute Gasteiger partial charge is 0.320 e. The predicted octanol–water partition coefficient (Wildman–Crippen LogP) is 0.388. The van der Waals surface area contributed by atoms with Crippen LogP contribution in [0.4, 0.5) is 9.59 Å². The van der Waals surface area contributed by atoms with Crippen LogP contribution in [0.5, 0.6) is 0 Å². The first-order chi connectivity index (χ1) is 7.56. The van der Waals surface area contributed by atoms with E-state index in [-0.39, 0.29) is 0 Å². The zero-order valence-corrected chi connectivity index (χ0v) is 8.94. The summed E-state index contributed by atoms with van der Waals surface area (Å²) in [6.45, 7) is 0. The molecule has 0 aromatic carbocycles.